The smallest absolute Gasteiger partial charge is 0.237 e. The maximum Gasteiger partial charge on any atom is 0.237 e. The Morgan fingerprint density at radius 3 is 3.09 bits per heavy atom. The molecule has 0 bridgehead atoms. The van der Waals surface area contributed by atoms with Crippen LogP contribution in [0.4, 0.5) is 0 Å². The predicted octanol–water partition coefficient (Wildman–Crippen LogP) is 2.11. The molecule has 0 spiro atoms. The SMILES string of the molecule is N[C@@H](Cc1c[nH]c2ccccc12)C(=O)NCCC1CCCCO1. The number of carbonyl (C=O) groups is 1. The number of aromatic amines is 1. The standard InChI is InChI=1S/C18H25N3O2/c19-16(11-13-12-21-17-7-2-1-6-15(13)17)18(22)20-9-8-14-5-3-4-10-23-14/h1-2,6-7,12,14,16,21H,3-5,8-11,19H2,(H,20,22)/t14?,16-/m0/s1. The molecule has 1 fully saturated rings. The second kappa shape index (κ2) is 7.62. The third kappa shape index (κ3) is 4.12. The van der Waals surface area contributed by atoms with Crippen LogP contribution in [0.3, 0.4) is 0 Å². The number of para-hydroxylation sites is 1. The number of hydrogen-bond acceptors (Lipinski definition) is 3. The monoisotopic (exact) mass is 315 g/mol. The van der Waals surface area contributed by atoms with Crippen LogP contribution in [0.15, 0.2) is 30.5 Å². The van der Waals surface area contributed by atoms with Gasteiger partial charge in [-0.15, -0.1) is 0 Å². The Labute approximate surface area is 136 Å². The van der Waals surface area contributed by atoms with Crippen molar-refractivity contribution in [2.75, 3.05) is 13.2 Å². The molecule has 0 saturated carbocycles. The molecule has 1 aliphatic heterocycles. The Kier molecular flexibility index (Phi) is 5.31. The summed E-state index contributed by atoms with van der Waals surface area (Å²) < 4.78 is 5.67. The van der Waals surface area contributed by atoms with Crippen molar-refractivity contribution in [3.8, 4) is 0 Å². The molecule has 1 unspecified atom stereocenters. The fourth-order valence-electron chi connectivity index (χ4n) is 3.15. The average molecular weight is 315 g/mol. The summed E-state index contributed by atoms with van der Waals surface area (Å²) in [6, 6.07) is 7.53. The van der Waals surface area contributed by atoms with Crippen molar-refractivity contribution >= 4 is 16.8 Å². The van der Waals surface area contributed by atoms with Crippen molar-refractivity contribution in [2.45, 2.75) is 44.2 Å². The molecule has 23 heavy (non-hydrogen) atoms. The summed E-state index contributed by atoms with van der Waals surface area (Å²) in [5.74, 6) is -0.0916. The average Bonchev–Trinajstić information content (AvgIpc) is 2.99. The van der Waals surface area contributed by atoms with E-state index < -0.39 is 6.04 Å². The Morgan fingerprint density at radius 1 is 1.39 bits per heavy atom. The highest BCUT2D eigenvalue weighted by Crippen LogP contribution is 2.19. The molecule has 2 aromatic rings. The largest absolute Gasteiger partial charge is 0.378 e. The molecule has 1 aromatic carbocycles. The van der Waals surface area contributed by atoms with Gasteiger partial charge in [-0.05, 0) is 43.7 Å². The highest BCUT2D eigenvalue weighted by molar-refractivity contribution is 5.86. The highest BCUT2D eigenvalue weighted by atomic mass is 16.5. The van der Waals surface area contributed by atoms with E-state index in [1.807, 2.05) is 30.5 Å². The van der Waals surface area contributed by atoms with Crippen molar-refractivity contribution in [3.63, 3.8) is 0 Å². The first-order valence-corrected chi connectivity index (χ1v) is 8.44. The van der Waals surface area contributed by atoms with E-state index in [-0.39, 0.29) is 12.0 Å². The topological polar surface area (TPSA) is 80.1 Å². The van der Waals surface area contributed by atoms with Crippen LogP contribution >= 0.6 is 0 Å². The molecule has 1 aliphatic rings. The summed E-state index contributed by atoms with van der Waals surface area (Å²) >= 11 is 0. The number of hydrogen-bond donors (Lipinski definition) is 3. The maximum absolute atomic E-state index is 12.2. The molecule has 0 aliphatic carbocycles. The van der Waals surface area contributed by atoms with E-state index >= 15 is 0 Å². The minimum atomic E-state index is -0.526. The van der Waals surface area contributed by atoms with Crippen LogP contribution in [0.25, 0.3) is 10.9 Å². The zero-order valence-electron chi connectivity index (χ0n) is 13.4. The van der Waals surface area contributed by atoms with E-state index in [0.29, 0.717) is 13.0 Å². The van der Waals surface area contributed by atoms with Gasteiger partial charge in [-0.1, -0.05) is 18.2 Å². The summed E-state index contributed by atoms with van der Waals surface area (Å²) in [7, 11) is 0. The highest BCUT2D eigenvalue weighted by Gasteiger charge is 2.17. The number of aromatic nitrogens is 1. The molecule has 3 rings (SSSR count). The third-order valence-electron chi connectivity index (χ3n) is 4.49. The Hall–Kier alpha value is -1.85. The van der Waals surface area contributed by atoms with E-state index in [2.05, 4.69) is 10.3 Å². The Balaban J connectivity index is 1.47. The minimum absolute atomic E-state index is 0.0916. The van der Waals surface area contributed by atoms with Crippen LogP contribution in [0.2, 0.25) is 0 Å². The second-order valence-corrected chi connectivity index (χ2v) is 6.24. The van der Waals surface area contributed by atoms with Gasteiger partial charge in [0.15, 0.2) is 0 Å². The summed E-state index contributed by atoms with van der Waals surface area (Å²) in [5.41, 5.74) is 8.22. The van der Waals surface area contributed by atoms with Crippen molar-refractivity contribution in [1.82, 2.24) is 10.3 Å². The zero-order valence-corrected chi connectivity index (χ0v) is 13.4. The second-order valence-electron chi connectivity index (χ2n) is 6.24. The van der Waals surface area contributed by atoms with Crippen molar-refractivity contribution in [3.05, 3.63) is 36.0 Å². The van der Waals surface area contributed by atoms with Gasteiger partial charge >= 0.3 is 0 Å². The molecule has 2 atom stereocenters. The molecule has 5 heteroatoms. The van der Waals surface area contributed by atoms with Crippen LogP contribution < -0.4 is 11.1 Å². The molecular formula is C18H25N3O2. The lowest BCUT2D eigenvalue weighted by Gasteiger charge is -2.22. The van der Waals surface area contributed by atoms with Gasteiger partial charge in [0.05, 0.1) is 12.1 Å². The van der Waals surface area contributed by atoms with Crippen LogP contribution in [-0.2, 0) is 16.0 Å². The van der Waals surface area contributed by atoms with Crippen molar-refractivity contribution in [1.29, 1.82) is 0 Å². The molecule has 0 radical (unpaired) electrons. The number of H-pyrrole nitrogens is 1. The lowest BCUT2D eigenvalue weighted by molar-refractivity contribution is -0.122. The number of ether oxygens (including phenoxy) is 1. The van der Waals surface area contributed by atoms with Gasteiger partial charge < -0.3 is 20.8 Å². The first kappa shape index (κ1) is 16.0. The number of nitrogens with one attached hydrogen (secondary N) is 2. The summed E-state index contributed by atoms with van der Waals surface area (Å²) in [5, 5.41) is 4.07. The van der Waals surface area contributed by atoms with Gasteiger partial charge in [-0.25, -0.2) is 0 Å². The van der Waals surface area contributed by atoms with Gasteiger partial charge in [-0.2, -0.15) is 0 Å². The first-order chi connectivity index (χ1) is 11.2. The van der Waals surface area contributed by atoms with Crippen molar-refractivity contribution in [2.24, 2.45) is 5.73 Å². The van der Waals surface area contributed by atoms with E-state index in [0.717, 1.165) is 42.3 Å². The van der Waals surface area contributed by atoms with Crippen LogP contribution in [0.1, 0.15) is 31.2 Å². The molecule has 1 saturated heterocycles. The Morgan fingerprint density at radius 2 is 2.26 bits per heavy atom. The van der Waals surface area contributed by atoms with Crippen molar-refractivity contribution < 1.29 is 9.53 Å². The van der Waals surface area contributed by atoms with E-state index in [1.54, 1.807) is 0 Å². The summed E-state index contributed by atoms with van der Waals surface area (Å²) in [6.07, 6.45) is 7.09. The zero-order chi connectivity index (χ0) is 16.1. The Bertz CT molecular complexity index is 647. The summed E-state index contributed by atoms with van der Waals surface area (Å²) in [4.78, 5) is 15.4. The lowest BCUT2D eigenvalue weighted by Crippen LogP contribution is -2.43. The molecule has 1 aromatic heterocycles. The van der Waals surface area contributed by atoms with Gasteiger partial charge in [0, 0.05) is 30.3 Å². The van der Waals surface area contributed by atoms with Crippen LogP contribution in [0, 0.1) is 0 Å². The molecular weight excluding hydrogens is 290 g/mol. The number of nitrogens with two attached hydrogens (primary N) is 1. The molecule has 2 heterocycles. The third-order valence-corrected chi connectivity index (χ3v) is 4.49. The number of amides is 1. The molecule has 5 nitrogen and oxygen atoms in total. The quantitative estimate of drug-likeness (QED) is 0.764. The van der Waals surface area contributed by atoms with Crippen LogP contribution in [0.5, 0.6) is 0 Å². The van der Waals surface area contributed by atoms with Gasteiger partial charge in [-0.3, -0.25) is 4.79 Å². The fraction of sp³-hybridized carbons (Fsp3) is 0.500. The van der Waals surface area contributed by atoms with E-state index in [4.69, 9.17) is 10.5 Å². The number of carbonyl (C=O) groups excluding carboxylic acids is 1. The predicted molar refractivity (Wildman–Crippen MR) is 91.2 cm³/mol. The fourth-order valence-corrected chi connectivity index (χ4v) is 3.15. The van der Waals surface area contributed by atoms with Gasteiger partial charge in [0.1, 0.15) is 0 Å². The van der Waals surface area contributed by atoms with E-state index in [9.17, 15) is 4.79 Å². The number of benzene rings is 1. The van der Waals surface area contributed by atoms with Gasteiger partial charge in [0.25, 0.3) is 0 Å². The molecule has 4 N–H and O–H groups in total. The number of fused-ring (bicyclic) bond motifs is 1. The maximum atomic E-state index is 12.2. The van der Waals surface area contributed by atoms with E-state index in [1.165, 1.54) is 6.42 Å². The normalized spacial score (nSPS) is 19.6. The van der Waals surface area contributed by atoms with Crippen LogP contribution in [-0.4, -0.2) is 36.2 Å². The minimum Gasteiger partial charge on any atom is -0.378 e. The molecule has 1 amide bonds. The molecule has 124 valence electrons. The number of rotatable bonds is 6. The lowest BCUT2D eigenvalue weighted by atomic mass is 10.0. The summed E-state index contributed by atoms with van der Waals surface area (Å²) in [6.45, 7) is 1.48. The van der Waals surface area contributed by atoms with Gasteiger partial charge in [0.2, 0.25) is 5.91 Å². The first-order valence-electron chi connectivity index (χ1n) is 8.44.